The van der Waals surface area contributed by atoms with Gasteiger partial charge in [0, 0.05) is 12.7 Å². The fourth-order valence-corrected chi connectivity index (χ4v) is 1.90. The molecule has 0 aliphatic heterocycles. The van der Waals surface area contributed by atoms with E-state index in [1.807, 2.05) is 36.7 Å². The lowest BCUT2D eigenvalue weighted by atomic mass is 10.2. The van der Waals surface area contributed by atoms with E-state index >= 15 is 0 Å². The van der Waals surface area contributed by atoms with Crippen LogP contribution in [-0.4, -0.2) is 16.7 Å². The van der Waals surface area contributed by atoms with Crippen LogP contribution in [0.5, 0.6) is 5.75 Å². The average molecular weight is 266 g/mol. The number of rotatable bonds is 4. The molecule has 96 valence electrons. The summed E-state index contributed by atoms with van der Waals surface area (Å²) in [5, 5.41) is 3.95. The van der Waals surface area contributed by atoms with E-state index in [9.17, 15) is 0 Å². The molecule has 1 heterocycles. The monoisotopic (exact) mass is 265 g/mol. The topological polar surface area (TPSA) is 39.1 Å². The number of imidazole rings is 1. The van der Waals surface area contributed by atoms with E-state index in [2.05, 4.69) is 10.3 Å². The highest BCUT2D eigenvalue weighted by molar-refractivity contribution is 6.29. The van der Waals surface area contributed by atoms with Crippen molar-refractivity contribution in [1.29, 1.82) is 0 Å². The molecule has 0 amide bonds. The maximum Gasteiger partial charge on any atom is 0.128 e. The highest BCUT2D eigenvalue weighted by atomic mass is 35.5. The number of ether oxygens (including phenoxy) is 1. The second kappa shape index (κ2) is 5.31. The van der Waals surface area contributed by atoms with Gasteiger partial charge in [-0.3, -0.25) is 0 Å². The largest absolute Gasteiger partial charge is 0.496 e. The lowest BCUT2D eigenvalue weighted by molar-refractivity contribution is 0.412. The van der Waals surface area contributed by atoms with Crippen molar-refractivity contribution in [2.75, 3.05) is 12.4 Å². The first kappa shape index (κ1) is 12.8. The molecule has 0 aliphatic rings. The van der Waals surface area contributed by atoms with Crippen LogP contribution in [0.2, 0.25) is 5.15 Å². The Kier molecular flexibility index (Phi) is 3.77. The molecule has 0 radical (unpaired) electrons. The van der Waals surface area contributed by atoms with Gasteiger partial charge in [-0.05, 0) is 30.7 Å². The van der Waals surface area contributed by atoms with Gasteiger partial charge in [0.05, 0.1) is 19.9 Å². The minimum atomic E-state index is 0.634. The van der Waals surface area contributed by atoms with E-state index in [1.165, 1.54) is 0 Å². The van der Waals surface area contributed by atoms with Gasteiger partial charge in [0.25, 0.3) is 0 Å². The highest BCUT2D eigenvalue weighted by Gasteiger charge is 2.04. The lowest BCUT2D eigenvalue weighted by Crippen LogP contribution is -2.06. The minimum Gasteiger partial charge on any atom is -0.496 e. The maximum absolute atomic E-state index is 5.93. The predicted molar refractivity (Wildman–Crippen MR) is 73.3 cm³/mol. The van der Waals surface area contributed by atoms with Crippen LogP contribution in [0.25, 0.3) is 0 Å². The second-order valence-corrected chi connectivity index (χ2v) is 4.48. The molecule has 2 aromatic rings. The van der Waals surface area contributed by atoms with E-state index in [4.69, 9.17) is 16.3 Å². The Morgan fingerprint density at radius 3 is 2.78 bits per heavy atom. The van der Waals surface area contributed by atoms with Crippen molar-refractivity contribution in [3.63, 3.8) is 0 Å². The van der Waals surface area contributed by atoms with E-state index in [0.717, 1.165) is 22.8 Å². The molecule has 0 saturated heterocycles. The van der Waals surface area contributed by atoms with E-state index in [0.29, 0.717) is 11.7 Å². The number of anilines is 1. The first-order chi connectivity index (χ1) is 8.61. The van der Waals surface area contributed by atoms with Crippen LogP contribution in [0.15, 0.2) is 24.4 Å². The molecular weight excluding hydrogens is 250 g/mol. The van der Waals surface area contributed by atoms with Crippen LogP contribution in [-0.2, 0) is 13.6 Å². The number of aryl methyl sites for hydroxylation is 1. The van der Waals surface area contributed by atoms with Crippen molar-refractivity contribution in [1.82, 2.24) is 9.55 Å². The Morgan fingerprint density at radius 2 is 2.22 bits per heavy atom. The number of nitrogens with one attached hydrogen (secondary N) is 1. The highest BCUT2D eigenvalue weighted by Crippen LogP contribution is 2.21. The normalized spacial score (nSPS) is 10.4. The molecule has 0 spiro atoms. The van der Waals surface area contributed by atoms with Crippen LogP contribution in [0.3, 0.4) is 0 Å². The van der Waals surface area contributed by atoms with E-state index < -0.39 is 0 Å². The first-order valence-electron chi connectivity index (χ1n) is 5.66. The number of methoxy groups -OCH3 is 1. The van der Waals surface area contributed by atoms with Crippen molar-refractivity contribution >= 4 is 17.3 Å². The molecule has 4 nitrogen and oxygen atoms in total. The van der Waals surface area contributed by atoms with Crippen LogP contribution in [0.1, 0.15) is 11.4 Å². The maximum atomic E-state index is 5.93. The molecule has 0 bridgehead atoms. The van der Waals surface area contributed by atoms with E-state index in [-0.39, 0.29) is 0 Å². The summed E-state index contributed by atoms with van der Waals surface area (Å²) in [6.45, 7) is 2.65. The third-order valence-electron chi connectivity index (χ3n) is 2.87. The Hall–Kier alpha value is -1.68. The molecule has 0 fully saturated rings. The van der Waals surface area contributed by atoms with Crippen LogP contribution in [0, 0.1) is 6.92 Å². The summed E-state index contributed by atoms with van der Waals surface area (Å²) in [6.07, 6.45) is 1.65. The van der Waals surface area contributed by atoms with Gasteiger partial charge in [0.15, 0.2) is 0 Å². The zero-order chi connectivity index (χ0) is 13.1. The van der Waals surface area contributed by atoms with Crippen molar-refractivity contribution < 1.29 is 4.74 Å². The van der Waals surface area contributed by atoms with Gasteiger partial charge in [-0.1, -0.05) is 11.6 Å². The molecule has 5 heteroatoms. The Morgan fingerprint density at radius 1 is 1.44 bits per heavy atom. The van der Waals surface area contributed by atoms with Crippen LogP contribution < -0.4 is 10.1 Å². The summed E-state index contributed by atoms with van der Waals surface area (Å²) in [7, 11) is 3.57. The second-order valence-electron chi connectivity index (χ2n) is 4.09. The molecule has 0 saturated carbocycles. The fraction of sp³-hybridized carbons (Fsp3) is 0.308. The van der Waals surface area contributed by atoms with Crippen molar-refractivity contribution in [3.8, 4) is 5.75 Å². The molecular formula is C13H16ClN3O. The van der Waals surface area contributed by atoms with E-state index in [1.54, 1.807) is 13.3 Å². The SMILES string of the molecule is COc1ccc(NCc2ncc(Cl)n2C)cc1C. The molecule has 2 rings (SSSR count). The average Bonchev–Trinajstić information content (AvgIpc) is 2.68. The molecule has 1 N–H and O–H groups in total. The molecule has 1 aromatic heterocycles. The summed E-state index contributed by atoms with van der Waals surface area (Å²) < 4.78 is 7.08. The van der Waals surface area contributed by atoms with Gasteiger partial charge < -0.3 is 14.6 Å². The summed E-state index contributed by atoms with van der Waals surface area (Å²) in [5.41, 5.74) is 2.13. The molecule has 0 aliphatic carbocycles. The van der Waals surface area contributed by atoms with Crippen LogP contribution >= 0.6 is 11.6 Å². The first-order valence-corrected chi connectivity index (χ1v) is 6.04. The van der Waals surface area contributed by atoms with Crippen LogP contribution in [0.4, 0.5) is 5.69 Å². The van der Waals surface area contributed by atoms with Gasteiger partial charge in [-0.15, -0.1) is 0 Å². The van der Waals surface area contributed by atoms with Crippen molar-refractivity contribution in [2.45, 2.75) is 13.5 Å². The van der Waals surface area contributed by atoms with Gasteiger partial charge >= 0.3 is 0 Å². The third kappa shape index (κ3) is 2.59. The number of hydrogen-bond acceptors (Lipinski definition) is 3. The number of halogens is 1. The Labute approximate surface area is 112 Å². The number of benzene rings is 1. The van der Waals surface area contributed by atoms with Gasteiger partial charge in [0.2, 0.25) is 0 Å². The zero-order valence-electron chi connectivity index (χ0n) is 10.7. The smallest absolute Gasteiger partial charge is 0.128 e. The van der Waals surface area contributed by atoms with Crippen molar-refractivity contribution in [3.05, 3.63) is 40.9 Å². The summed E-state index contributed by atoms with van der Waals surface area (Å²) in [4.78, 5) is 4.23. The molecule has 18 heavy (non-hydrogen) atoms. The van der Waals surface area contributed by atoms with Gasteiger partial charge in [0.1, 0.15) is 16.7 Å². The van der Waals surface area contributed by atoms with Gasteiger partial charge in [-0.2, -0.15) is 0 Å². The van der Waals surface area contributed by atoms with Gasteiger partial charge in [-0.25, -0.2) is 4.98 Å². The Balaban J connectivity index is 2.06. The standard InChI is InChI=1S/C13H16ClN3O/c1-9-6-10(4-5-11(9)18-3)15-8-13-16-7-12(14)17(13)2/h4-7,15H,8H2,1-3H3. The lowest BCUT2D eigenvalue weighted by Gasteiger charge is -2.10. The summed E-state index contributed by atoms with van der Waals surface area (Å²) >= 11 is 5.93. The third-order valence-corrected chi connectivity index (χ3v) is 3.22. The summed E-state index contributed by atoms with van der Waals surface area (Å²) in [6, 6.07) is 5.98. The number of nitrogens with zero attached hydrogens (tertiary/aromatic N) is 2. The molecule has 1 aromatic carbocycles. The Bertz CT molecular complexity index is 551. The molecule has 0 atom stereocenters. The number of aromatic nitrogens is 2. The predicted octanol–water partition coefficient (Wildman–Crippen LogP) is 3.00. The zero-order valence-corrected chi connectivity index (χ0v) is 11.5. The minimum absolute atomic E-state index is 0.634. The fourth-order valence-electron chi connectivity index (χ4n) is 1.76. The molecule has 0 unspecified atom stereocenters. The van der Waals surface area contributed by atoms with Crippen molar-refractivity contribution in [2.24, 2.45) is 7.05 Å². The number of hydrogen-bond donors (Lipinski definition) is 1. The summed E-state index contributed by atoms with van der Waals surface area (Å²) in [5.74, 6) is 1.79. The quantitative estimate of drug-likeness (QED) is 0.924.